The number of aromatic nitrogens is 2. The molecular weight excluding hydrogens is 249 g/mol. The highest BCUT2D eigenvalue weighted by atomic mass is 35.5. The zero-order valence-electron chi connectivity index (χ0n) is 8.63. The minimum absolute atomic E-state index is 0.245. The molecule has 2 aromatic rings. The van der Waals surface area contributed by atoms with E-state index in [1.807, 2.05) is 0 Å². The third-order valence-corrected chi connectivity index (χ3v) is 3.07. The molecule has 0 aliphatic carbocycles. The number of hydrogen-bond donors (Lipinski definition) is 2. The number of imidazole rings is 1. The van der Waals surface area contributed by atoms with E-state index in [1.165, 1.54) is 0 Å². The predicted molar refractivity (Wildman–Crippen MR) is 64.9 cm³/mol. The average Bonchev–Trinajstić information content (AvgIpc) is 2.63. The van der Waals surface area contributed by atoms with Crippen LogP contribution < -0.4 is 5.73 Å². The quantitative estimate of drug-likeness (QED) is 0.891. The van der Waals surface area contributed by atoms with Crippen LogP contribution in [0.5, 0.6) is 0 Å². The number of nitrogens with two attached hydrogens (primary N) is 1. The van der Waals surface area contributed by atoms with Crippen LogP contribution in [0.1, 0.15) is 11.9 Å². The molecule has 0 fully saturated rings. The molecule has 0 spiro atoms. The molecule has 1 aromatic heterocycles. The molecule has 0 aliphatic heterocycles. The number of hydrogen-bond acceptors (Lipinski definition) is 3. The number of ether oxygens (including phenoxy) is 1. The Bertz CT molecular complexity index is 469. The molecule has 0 saturated heterocycles. The summed E-state index contributed by atoms with van der Waals surface area (Å²) in [6.07, 6.45) is -0.245. The fourth-order valence-electron chi connectivity index (χ4n) is 1.50. The lowest BCUT2D eigenvalue weighted by molar-refractivity contribution is 0.104. The molecule has 86 valence electrons. The Hall–Kier alpha value is -0.810. The van der Waals surface area contributed by atoms with Crippen LogP contribution in [-0.4, -0.2) is 23.6 Å². The van der Waals surface area contributed by atoms with Gasteiger partial charge in [-0.25, -0.2) is 4.98 Å². The van der Waals surface area contributed by atoms with E-state index in [4.69, 9.17) is 33.7 Å². The molecule has 2 rings (SSSR count). The summed E-state index contributed by atoms with van der Waals surface area (Å²) in [5, 5.41) is 0.972. The molecule has 6 heteroatoms. The smallest absolute Gasteiger partial charge is 0.137 e. The molecule has 3 N–H and O–H groups in total. The fourth-order valence-corrected chi connectivity index (χ4v) is 1.82. The van der Waals surface area contributed by atoms with Gasteiger partial charge in [0.2, 0.25) is 0 Å². The van der Waals surface area contributed by atoms with Crippen LogP contribution in [0.4, 0.5) is 0 Å². The molecule has 16 heavy (non-hydrogen) atoms. The number of halogens is 2. The van der Waals surface area contributed by atoms with Gasteiger partial charge in [-0.3, -0.25) is 0 Å². The number of nitrogens with zero attached hydrogens (tertiary/aromatic N) is 1. The second-order valence-electron chi connectivity index (χ2n) is 3.37. The molecule has 0 bridgehead atoms. The van der Waals surface area contributed by atoms with Crippen LogP contribution in [0.3, 0.4) is 0 Å². The van der Waals surface area contributed by atoms with Crippen LogP contribution in [0.25, 0.3) is 11.0 Å². The summed E-state index contributed by atoms with van der Waals surface area (Å²) in [6, 6.07) is 3.45. The molecule has 0 amide bonds. The van der Waals surface area contributed by atoms with Crippen molar-refractivity contribution in [1.82, 2.24) is 9.97 Å². The van der Waals surface area contributed by atoms with Crippen molar-refractivity contribution in [2.75, 3.05) is 13.7 Å². The molecule has 0 radical (unpaired) electrons. The Labute approximate surface area is 103 Å². The first-order valence-corrected chi connectivity index (χ1v) is 5.48. The SMILES string of the molecule is COC(CN)c1nc2cc(Cl)c(Cl)cc2[nH]1. The van der Waals surface area contributed by atoms with Crippen LogP contribution in [0.15, 0.2) is 12.1 Å². The molecule has 0 aliphatic rings. The number of aromatic amines is 1. The van der Waals surface area contributed by atoms with E-state index in [-0.39, 0.29) is 6.10 Å². The van der Waals surface area contributed by atoms with Gasteiger partial charge in [-0.2, -0.15) is 0 Å². The van der Waals surface area contributed by atoms with E-state index < -0.39 is 0 Å². The second kappa shape index (κ2) is 4.59. The number of rotatable bonds is 3. The van der Waals surface area contributed by atoms with Gasteiger partial charge >= 0.3 is 0 Å². The first kappa shape index (κ1) is 11.7. The minimum atomic E-state index is -0.245. The van der Waals surface area contributed by atoms with E-state index >= 15 is 0 Å². The summed E-state index contributed by atoms with van der Waals surface area (Å²) < 4.78 is 5.19. The van der Waals surface area contributed by atoms with Crippen molar-refractivity contribution in [3.63, 3.8) is 0 Å². The number of H-pyrrole nitrogens is 1. The van der Waals surface area contributed by atoms with Gasteiger partial charge in [0.05, 0.1) is 21.1 Å². The van der Waals surface area contributed by atoms with Crippen molar-refractivity contribution in [3.8, 4) is 0 Å². The molecule has 1 atom stereocenters. The maximum Gasteiger partial charge on any atom is 0.137 e. The topological polar surface area (TPSA) is 63.9 Å². The van der Waals surface area contributed by atoms with Crippen LogP contribution in [0.2, 0.25) is 10.0 Å². The lowest BCUT2D eigenvalue weighted by atomic mass is 10.3. The summed E-state index contributed by atoms with van der Waals surface area (Å²) in [7, 11) is 1.59. The van der Waals surface area contributed by atoms with Crippen molar-refractivity contribution >= 4 is 34.2 Å². The van der Waals surface area contributed by atoms with Gasteiger partial charge in [-0.1, -0.05) is 23.2 Å². The average molecular weight is 260 g/mol. The number of fused-ring (bicyclic) bond motifs is 1. The number of benzene rings is 1. The zero-order valence-corrected chi connectivity index (χ0v) is 10.1. The van der Waals surface area contributed by atoms with Gasteiger partial charge in [-0.05, 0) is 12.1 Å². The Morgan fingerprint density at radius 1 is 1.44 bits per heavy atom. The standard InChI is InChI=1S/C10H11Cl2N3O/c1-16-9(4-13)10-14-7-2-5(11)6(12)3-8(7)15-10/h2-3,9H,4,13H2,1H3,(H,14,15). The van der Waals surface area contributed by atoms with Gasteiger partial charge in [0.1, 0.15) is 11.9 Å². The maximum absolute atomic E-state index is 5.91. The van der Waals surface area contributed by atoms with Crippen molar-refractivity contribution in [2.45, 2.75) is 6.10 Å². The Balaban J connectivity index is 2.51. The number of methoxy groups -OCH3 is 1. The highest BCUT2D eigenvalue weighted by molar-refractivity contribution is 6.42. The third-order valence-electron chi connectivity index (χ3n) is 2.35. The molecule has 1 heterocycles. The zero-order chi connectivity index (χ0) is 11.7. The molecule has 1 aromatic carbocycles. The Morgan fingerprint density at radius 2 is 2.12 bits per heavy atom. The second-order valence-corrected chi connectivity index (χ2v) is 4.18. The molecule has 4 nitrogen and oxygen atoms in total. The van der Waals surface area contributed by atoms with Crippen molar-refractivity contribution in [1.29, 1.82) is 0 Å². The largest absolute Gasteiger partial charge is 0.372 e. The molecule has 0 saturated carbocycles. The summed E-state index contributed by atoms with van der Waals surface area (Å²) in [6.45, 7) is 0.359. The Morgan fingerprint density at radius 3 is 2.75 bits per heavy atom. The van der Waals surface area contributed by atoms with Gasteiger partial charge < -0.3 is 15.5 Å². The van der Waals surface area contributed by atoms with Gasteiger partial charge in [0.25, 0.3) is 0 Å². The van der Waals surface area contributed by atoms with Crippen molar-refractivity contribution < 1.29 is 4.74 Å². The summed E-state index contributed by atoms with van der Waals surface area (Å²) in [4.78, 5) is 7.46. The number of nitrogens with one attached hydrogen (secondary N) is 1. The summed E-state index contributed by atoms with van der Waals surface area (Å²) in [5.74, 6) is 0.679. The van der Waals surface area contributed by atoms with Crippen LogP contribution in [-0.2, 0) is 4.74 Å². The van der Waals surface area contributed by atoms with Gasteiger partial charge in [0.15, 0.2) is 0 Å². The summed E-state index contributed by atoms with van der Waals surface area (Å²) >= 11 is 11.8. The first-order valence-electron chi connectivity index (χ1n) is 4.73. The van der Waals surface area contributed by atoms with E-state index in [9.17, 15) is 0 Å². The van der Waals surface area contributed by atoms with Gasteiger partial charge in [0, 0.05) is 13.7 Å². The highest BCUT2D eigenvalue weighted by Crippen LogP contribution is 2.27. The van der Waals surface area contributed by atoms with Crippen molar-refractivity contribution in [3.05, 3.63) is 28.0 Å². The maximum atomic E-state index is 5.91. The Kier molecular flexibility index (Phi) is 3.35. The van der Waals surface area contributed by atoms with E-state index in [0.717, 1.165) is 11.0 Å². The van der Waals surface area contributed by atoms with E-state index in [2.05, 4.69) is 9.97 Å². The van der Waals surface area contributed by atoms with Gasteiger partial charge in [-0.15, -0.1) is 0 Å². The van der Waals surface area contributed by atoms with E-state index in [0.29, 0.717) is 22.4 Å². The fraction of sp³-hybridized carbons (Fsp3) is 0.300. The van der Waals surface area contributed by atoms with Crippen LogP contribution >= 0.6 is 23.2 Å². The lowest BCUT2D eigenvalue weighted by Gasteiger charge is -2.08. The lowest BCUT2D eigenvalue weighted by Crippen LogP contribution is -2.15. The van der Waals surface area contributed by atoms with Crippen LogP contribution in [0, 0.1) is 0 Å². The molecular formula is C10H11Cl2N3O. The first-order chi connectivity index (χ1) is 7.65. The summed E-state index contributed by atoms with van der Waals surface area (Å²) in [5.41, 5.74) is 7.13. The normalized spacial score (nSPS) is 13.2. The highest BCUT2D eigenvalue weighted by Gasteiger charge is 2.14. The minimum Gasteiger partial charge on any atom is -0.372 e. The van der Waals surface area contributed by atoms with Crippen molar-refractivity contribution in [2.24, 2.45) is 5.73 Å². The molecule has 1 unspecified atom stereocenters. The van der Waals surface area contributed by atoms with E-state index in [1.54, 1.807) is 19.2 Å². The third kappa shape index (κ3) is 2.01. The predicted octanol–water partition coefficient (Wildman–Crippen LogP) is 2.52. The monoisotopic (exact) mass is 259 g/mol.